The number of benzene rings is 2. The minimum atomic E-state index is -0.476. The summed E-state index contributed by atoms with van der Waals surface area (Å²) in [4.78, 5) is 23.4. The van der Waals surface area contributed by atoms with Crippen molar-refractivity contribution < 1.29 is 9.72 Å². The van der Waals surface area contributed by atoms with E-state index in [0.717, 1.165) is 4.90 Å². The molecule has 0 aliphatic carbocycles. The van der Waals surface area contributed by atoms with Crippen molar-refractivity contribution in [3.05, 3.63) is 63.2 Å². The van der Waals surface area contributed by atoms with Gasteiger partial charge in [-0.05, 0) is 37.3 Å². The standard InChI is InChI=1S/C14H10ClNO3S/c1-9(17)13-7-4-11(16(18)19)8-14(13)20-12-5-2-10(15)3-6-12/h2-8H,1H3. The number of hydrogen-bond donors (Lipinski definition) is 0. The Balaban J connectivity index is 2.41. The summed E-state index contributed by atoms with van der Waals surface area (Å²) in [6, 6.07) is 11.3. The van der Waals surface area contributed by atoms with Crippen LogP contribution in [0.1, 0.15) is 17.3 Å². The zero-order valence-corrected chi connectivity index (χ0v) is 12.1. The number of nitro groups is 1. The number of carbonyl (C=O) groups excluding carboxylic acids is 1. The molecule has 4 nitrogen and oxygen atoms in total. The van der Waals surface area contributed by atoms with E-state index in [1.54, 1.807) is 24.3 Å². The highest BCUT2D eigenvalue weighted by Gasteiger charge is 2.14. The number of ketones is 1. The maximum absolute atomic E-state index is 11.6. The summed E-state index contributed by atoms with van der Waals surface area (Å²) in [5.74, 6) is -0.128. The molecule has 0 heterocycles. The summed E-state index contributed by atoms with van der Waals surface area (Å²) in [6.45, 7) is 1.44. The van der Waals surface area contributed by atoms with E-state index in [9.17, 15) is 14.9 Å². The first-order valence-corrected chi connectivity index (χ1v) is 6.89. The third-order valence-electron chi connectivity index (χ3n) is 2.60. The van der Waals surface area contributed by atoms with E-state index in [1.807, 2.05) is 0 Å². The second kappa shape index (κ2) is 6.07. The number of carbonyl (C=O) groups is 1. The van der Waals surface area contributed by atoms with Crippen molar-refractivity contribution in [2.24, 2.45) is 0 Å². The quantitative estimate of drug-likeness (QED) is 0.470. The number of halogens is 1. The van der Waals surface area contributed by atoms with Crippen LogP contribution in [-0.2, 0) is 0 Å². The van der Waals surface area contributed by atoms with E-state index in [4.69, 9.17) is 11.6 Å². The van der Waals surface area contributed by atoms with Crippen molar-refractivity contribution in [2.75, 3.05) is 0 Å². The van der Waals surface area contributed by atoms with Crippen LogP contribution >= 0.6 is 23.4 Å². The zero-order valence-electron chi connectivity index (χ0n) is 10.5. The lowest BCUT2D eigenvalue weighted by Gasteiger charge is -2.06. The Morgan fingerprint density at radius 3 is 2.40 bits per heavy atom. The third-order valence-corrected chi connectivity index (χ3v) is 3.91. The molecule has 0 saturated carbocycles. The third kappa shape index (κ3) is 3.37. The number of rotatable bonds is 4. The largest absolute Gasteiger partial charge is 0.294 e. The fourth-order valence-corrected chi connectivity index (χ4v) is 2.78. The lowest BCUT2D eigenvalue weighted by molar-refractivity contribution is -0.385. The molecule has 0 N–H and O–H groups in total. The van der Waals surface area contributed by atoms with Crippen LogP contribution in [0.15, 0.2) is 52.3 Å². The maximum atomic E-state index is 11.6. The number of Topliss-reactive ketones (excluding diaryl/α,β-unsaturated/α-hetero) is 1. The predicted octanol–water partition coefficient (Wildman–Crippen LogP) is 4.60. The van der Waals surface area contributed by atoms with Gasteiger partial charge in [0, 0.05) is 32.5 Å². The van der Waals surface area contributed by atoms with Crippen molar-refractivity contribution in [1.82, 2.24) is 0 Å². The number of nitro benzene ring substituents is 1. The molecule has 0 radical (unpaired) electrons. The molecule has 0 aliphatic rings. The van der Waals surface area contributed by atoms with E-state index in [-0.39, 0.29) is 11.5 Å². The summed E-state index contributed by atoms with van der Waals surface area (Å²) < 4.78 is 0. The molecular formula is C14H10ClNO3S. The second-order valence-corrected chi connectivity index (χ2v) is 5.60. The van der Waals surface area contributed by atoms with Crippen molar-refractivity contribution in [2.45, 2.75) is 16.7 Å². The molecule has 0 aromatic heterocycles. The average molecular weight is 308 g/mol. The highest BCUT2D eigenvalue weighted by Crippen LogP contribution is 2.33. The Hall–Kier alpha value is -1.85. The molecule has 0 aliphatic heterocycles. The Kier molecular flexibility index (Phi) is 4.42. The predicted molar refractivity (Wildman–Crippen MR) is 78.7 cm³/mol. The first-order chi connectivity index (χ1) is 9.47. The Morgan fingerprint density at radius 1 is 1.20 bits per heavy atom. The Bertz CT molecular complexity index is 671. The molecule has 20 heavy (non-hydrogen) atoms. The van der Waals surface area contributed by atoms with Gasteiger partial charge in [0.1, 0.15) is 0 Å². The number of nitrogens with zero attached hydrogens (tertiary/aromatic N) is 1. The monoisotopic (exact) mass is 307 g/mol. The van der Waals surface area contributed by atoms with Gasteiger partial charge in [-0.1, -0.05) is 23.4 Å². The molecule has 6 heteroatoms. The maximum Gasteiger partial charge on any atom is 0.270 e. The zero-order chi connectivity index (χ0) is 14.7. The van der Waals surface area contributed by atoms with E-state index in [2.05, 4.69) is 0 Å². The van der Waals surface area contributed by atoms with Gasteiger partial charge in [-0.3, -0.25) is 14.9 Å². The van der Waals surface area contributed by atoms with Crippen LogP contribution in [0.4, 0.5) is 5.69 Å². The van der Waals surface area contributed by atoms with Gasteiger partial charge in [-0.15, -0.1) is 0 Å². The fourth-order valence-electron chi connectivity index (χ4n) is 1.63. The van der Waals surface area contributed by atoms with Crippen LogP contribution in [0.3, 0.4) is 0 Å². The molecule has 0 unspecified atom stereocenters. The Labute approximate surface area is 124 Å². The van der Waals surface area contributed by atoms with Crippen molar-refractivity contribution >= 4 is 34.8 Å². The molecule has 0 amide bonds. The number of non-ortho nitro benzene ring substituents is 1. The van der Waals surface area contributed by atoms with Gasteiger partial charge < -0.3 is 0 Å². The lowest BCUT2D eigenvalue weighted by atomic mass is 10.1. The van der Waals surface area contributed by atoms with Gasteiger partial charge in [0.15, 0.2) is 5.78 Å². The van der Waals surface area contributed by atoms with Crippen molar-refractivity contribution in [1.29, 1.82) is 0 Å². The molecular weight excluding hydrogens is 298 g/mol. The molecule has 2 rings (SSSR count). The molecule has 2 aromatic rings. The summed E-state index contributed by atoms with van der Waals surface area (Å²) in [6.07, 6.45) is 0. The van der Waals surface area contributed by atoms with Crippen molar-refractivity contribution in [3.63, 3.8) is 0 Å². The fraction of sp³-hybridized carbons (Fsp3) is 0.0714. The van der Waals surface area contributed by atoms with Crippen LogP contribution in [0.5, 0.6) is 0 Å². The minimum Gasteiger partial charge on any atom is -0.294 e. The second-order valence-electron chi connectivity index (χ2n) is 4.05. The smallest absolute Gasteiger partial charge is 0.270 e. The van der Waals surface area contributed by atoms with Crippen molar-refractivity contribution in [3.8, 4) is 0 Å². The van der Waals surface area contributed by atoms with Gasteiger partial charge >= 0.3 is 0 Å². The van der Waals surface area contributed by atoms with Gasteiger partial charge in [0.05, 0.1) is 4.92 Å². The first-order valence-electron chi connectivity index (χ1n) is 5.70. The summed E-state index contributed by atoms with van der Waals surface area (Å²) in [7, 11) is 0. The first kappa shape index (κ1) is 14.6. The van der Waals surface area contributed by atoms with Crippen LogP contribution in [-0.4, -0.2) is 10.7 Å². The van der Waals surface area contributed by atoms with Crippen LogP contribution in [0, 0.1) is 10.1 Å². The minimum absolute atomic E-state index is 0.0357. The molecule has 0 fully saturated rings. The average Bonchev–Trinajstić information content (AvgIpc) is 2.41. The van der Waals surface area contributed by atoms with E-state index < -0.39 is 4.92 Å². The normalized spacial score (nSPS) is 10.3. The Morgan fingerprint density at radius 2 is 1.85 bits per heavy atom. The van der Waals surface area contributed by atoms with E-state index in [1.165, 1.54) is 36.9 Å². The van der Waals surface area contributed by atoms with E-state index in [0.29, 0.717) is 15.5 Å². The number of hydrogen-bond acceptors (Lipinski definition) is 4. The summed E-state index contributed by atoms with van der Waals surface area (Å²) in [5, 5.41) is 11.4. The summed E-state index contributed by atoms with van der Waals surface area (Å²) in [5.41, 5.74) is 0.432. The topological polar surface area (TPSA) is 60.2 Å². The highest BCUT2D eigenvalue weighted by molar-refractivity contribution is 7.99. The van der Waals surface area contributed by atoms with Gasteiger partial charge in [0.25, 0.3) is 5.69 Å². The lowest BCUT2D eigenvalue weighted by Crippen LogP contribution is -1.97. The molecule has 2 aromatic carbocycles. The molecule has 0 spiro atoms. The van der Waals surface area contributed by atoms with Crippen LogP contribution in [0.25, 0.3) is 0 Å². The van der Waals surface area contributed by atoms with E-state index >= 15 is 0 Å². The van der Waals surface area contributed by atoms with Gasteiger partial charge in [-0.25, -0.2) is 0 Å². The summed E-state index contributed by atoms with van der Waals surface area (Å²) >= 11 is 7.11. The van der Waals surface area contributed by atoms with Gasteiger partial charge in [0.2, 0.25) is 0 Å². The SMILES string of the molecule is CC(=O)c1ccc([N+](=O)[O-])cc1Sc1ccc(Cl)cc1. The van der Waals surface area contributed by atoms with Crippen LogP contribution < -0.4 is 0 Å². The molecule has 0 atom stereocenters. The highest BCUT2D eigenvalue weighted by atomic mass is 35.5. The van der Waals surface area contributed by atoms with Gasteiger partial charge in [-0.2, -0.15) is 0 Å². The molecule has 0 bridgehead atoms. The molecule has 102 valence electrons. The van der Waals surface area contributed by atoms with Crippen LogP contribution in [0.2, 0.25) is 5.02 Å². The molecule has 0 saturated heterocycles.